The molecule has 128 valence electrons. The van der Waals surface area contributed by atoms with E-state index < -0.39 is 11.7 Å². The second-order valence-electron chi connectivity index (χ2n) is 5.39. The highest BCUT2D eigenvalue weighted by molar-refractivity contribution is 5.78. The fourth-order valence-electron chi connectivity index (χ4n) is 2.17. The maximum Gasteiger partial charge on any atom is 0.416 e. The van der Waals surface area contributed by atoms with Gasteiger partial charge in [-0.2, -0.15) is 13.2 Å². The molecular formula is C18H18F3NO2. The first-order valence-corrected chi connectivity index (χ1v) is 7.47. The van der Waals surface area contributed by atoms with Gasteiger partial charge in [-0.1, -0.05) is 30.3 Å². The topological polar surface area (TPSA) is 38.3 Å². The van der Waals surface area contributed by atoms with E-state index in [1.807, 2.05) is 31.2 Å². The third-order valence-corrected chi connectivity index (χ3v) is 3.30. The fourth-order valence-corrected chi connectivity index (χ4v) is 2.17. The molecule has 0 radical (unpaired) electrons. The Morgan fingerprint density at radius 3 is 2.58 bits per heavy atom. The van der Waals surface area contributed by atoms with Gasteiger partial charge in [-0.25, -0.2) is 0 Å². The van der Waals surface area contributed by atoms with E-state index >= 15 is 0 Å². The summed E-state index contributed by atoms with van der Waals surface area (Å²) in [5, 5.41) is 2.63. The summed E-state index contributed by atoms with van der Waals surface area (Å²) in [5.74, 6) is 0.365. The average Bonchev–Trinajstić information content (AvgIpc) is 2.51. The van der Waals surface area contributed by atoms with Crippen LogP contribution in [0.2, 0.25) is 0 Å². The highest BCUT2D eigenvalue weighted by Gasteiger charge is 2.30. The maximum absolute atomic E-state index is 12.6. The normalized spacial score (nSPS) is 11.2. The zero-order valence-corrected chi connectivity index (χ0v) is 13.2. The van der Waals surface area contributed by atoms with E-state index in [1.165, 1.54) is 12.1 Å². The summed E-state index contributed by atoms with van der Waals surface area (Å²) in [6.07, 6.45) is -4.51. The van der Waals surface area contributed by atoms with Gasteiger partial charge in [0.15, 0.2) is 0 Å². The van der Waals surface area contributed by atoms with Crippen molar-refractivity contribution in [3.63, 3.8) is 0 Å². The van der Waals surface area contributed by atoms with E-state index in [0.29, 0.717) is 11.3 Å². The second-order valence-corrected chi connectivity index (χ2v) is 5.39. The Bertz CT molecular complexity index is 699. The molecule has 0 unspecified atom stereocenters. The molecule has 0 heterocycles. The summed E-state index contributed by atoms with van der Waals surface area (Å²) in [6, 6.07) is 12.3. The molecule has 3 nitrogen and oxygen atoms in total. The van der Waals surface area contributed by atoms with Gasteiger partial charge in [-0.15, -0.1) is 0 Å². The predicted octanol–water partition coefficient (Wildman–Crippen LogP) is 3.75. The third-order valence-electron chi connectivity index (χ3n) is 3.30. The Morgan fingerprint density at radius 2 is 1.88 bits per heavy atom. The first kappa shape index (κ1) is 17.8. The van der Waals surface area contributed by atoms with Gasteiger partial charge in [0.2, 0.25) is 5.91 Å². The van der Waals surface area contributed by atoms with Crippen LogP contribution in [-0.2, 0) is 17.4 Å². The Balaban J connectivity index is 1.77. The van der Waals surface area contributed by atoms with Crippen LogP contribution in [0, 0.1) is 6.92 Å². The number of carbonyl (C=O) groups excluding carboxylic acids is 1. The summed E-state index contributed by atoms with van der Waals surface area (Å²) in [5.41, 5.74) is 0.638. The molecule has 0 atom stereocenters. The molecule has 0 saturated heterocycles. The molecule has 0 aliphatic heterocycles. The number of rotatable bonds is 6. The summed E-state index contributed by atoms with van der Waals surface area (Å²) >= 11 is 0. The quantitative estimate of drug-likeness (QED) is 0.815. The molecule has 0 spiro atoms. The molecule has 0 fully saturated rings. The van der Waals surface area contributed by atoms with Crippen molar-refractivity contribution < 1.29 is 22.7 Å². The highest BCUT2D eigenvalue weighted by Crippen LogP contribution is 2.29. The summed E-state index contributed by atoms with van der Waals surface area (Å²) < 4.78 is 43.4. The number of benzene rings is 2. The third kappa shape index (κ3) is 5.61. The van der Waals surface area contributed by atoms with Crippen molar-refractivity contribution in [1.29, 1.82) is 0 Å². The van der Waals surface area contributed by atoms with E-state index in [1.54, 1.807) is 0 Å². The standard InChI is InChI=1S/C18H18F3NO2/c1-13-4-2-7-16(10-13)24-9-8-22-17(23)12-14-5-3-6-15(11-14)18(19,20)21/h2-7,10-11H,8-9,12H2,1H3,(H,22,23). The molecule has 2 rings (SSSR count). The number of ether oxygens (including phenoxy) is 1. The first-order chi connectivity index (χ1) is 11.3. The van der Waals surface area contributed by atoms with Gasteiger partial charge >= 0.3 is 6.18 Å². The van der Waals surface area contributed by atoms with Gasteiger partial charge in [-0.05, 0) is 36.2 Å². The average molecular weight is 337 g/mol. The van der Waals surface area contributed by atoms with E-state index in [0.717, 1.165) is 17.7 Å². The van der Waals surface area contributed by atoms with Crippen molar-refractivity contribution >= 4 is 5.91 Å². The van der Waals surface area contributed by atoms with Gasteiger partial charge in [-0.3, -0.25) is 4.79 Å². The number of hydrogen-bond acceptors (Lipinski definition) is 2. The molecule has 0 saturated carbocycles. The van der Waals surface area contributed by atoms with Crippen molar-refractivity contribution in [2.45, 2.75) is 19.5 Å². The van der Waals surface area contributed by atoms with Crippen LogP contribution in [0.4, 0.5) is 13.2 Å². The van der Waals surface area contributed by atoms with Gasteiger partial charge < -0.3 is 10.1 Å². The Kier molecular flexibility index (Phi) is 5.84. The fraction of sp³-hybridized carbons (Fsp3) is 0.278. The molecule has 0 aliphatic rings. The van der Waals surface area contributed by atoms with Crippen molar-refractivity contribution in [2.24, 2.45) is 0 Å². The van der Waals surface area contributed by atoms with Crippen LogP contribution < -0.4 is 10.1 Å². The molecule has 1 N–H and O–H groups in total. The lowest BCUT2D eigenvalue weighted by Gasteiger charge is -2.10. The Labute approximate surface area is 138 Å². The lowest BCUT2D eigenvalue weighted by Crippen LogP contribution is -2.29. The van der Waals surface area contributed by atoms with Crippen LogP contribution in [0.15, 0.2) is 48.5 Å². The first-order valence-electron chi connectivity index (χ1n) is 7.47. The summed E-state index contributed by atoms with van der Waals surface area (Å²) in [6.45, 7) is 2.52. The van der Waals surface area contributed by atoms with Gasteiger partial charge in [0.05, 0.1) is 18.5 Å². The Morgan fingerprint density at radius 1 is 1.12 bits per heavy atom. The SMILES string of the molecule is Cc1cccc(OCCNC(=O)Cc2cccc(C(F)(F)F)c2)c1. The molecule has 0 bridgehead atoms. The minimum absolute atomic E-state index is 0.103. The number of halogens is 3. The number of aryl methyl sites for hydroxylation is 1. The summed E-state index contributed by atoms with van der Waals surface area (Å²) in [7, 11) is 0. The number of amides is 1. The van der Waals surface area contributed by atoms with Crippen LogP contribution >= 0.6 is 0 Å². The molecule has 24 heavy (non-hydrogen) atoms. The number of nitrogens with one attached hydrogen (secondary N) is 1. The van der Waals surface area contributed by atoms with E-state index in [-0.39, 0.29) is 25.5 Å². The number of alkyl halides is 3. The van der Waals surface area contributed by atoms with Crippen LogP contribution in [0.25, 0.3) is 0 Å². The molecule has 0 aliphatic carbocycles. The molecule has 6 heteroatoms. The van der Waals surface area contributed by atoms with Gasteiger partial charge in [0, 0.05) is 0 Å². The largest absolute Gasteiger partial charge is 0.492 e. The summed E-state index contributed by atoms with van der Waals surface area (Å²) in [4.78, 5) is 11.8. The Hall–Kier alpha value is -2.50. The lowest BCUT2D eigenvalue weighted by atomic mass is 10.1. The molecule has 2 aromatic carbocycles. The second kappa shape index (κ2) is 7.86. The van der Waals surface area contributed by atoms with E-state index in [2.05, 4.69) is 5.32 Å². The van der Waals surface area contributed by atoms with Crippen molar-refractivity contribution in [3.8, 4) is 5.75 Å². The van der Waals surface area contributed by atoms with Crippen LogP contribution in [-0.4, -0.2) is 19.1 Å². The monoisotopic (exact) mass is 337 g/mol. The van der Waals surface area contributed by atoms with Gasteiger partial charge in [0.25, 0.3) is 0 Å². The number of hydrogen-bond donors (Lipinski definition) is 1. The van der Waals surface area contributed by atoms with Crippen molar-refractivity contribution in [2.75, 3.05) is 13.2 Å². The van der Waals surface area contributed by atoms with Crippen LogP contribution in [0.5, 0.6) is 5.75 Å². The molecule has 1 amide bonds. The lowest BCUT2D eigenvalue weighted by molar-refractivity contribution is -0.137. The van der Waals surface area contributed by atoms with Crippen molar-refractivity contribution in [1.82, 2.24) is 5.32 Å². The molecule has 2 aromatic rings. The predicted molar refractivity (Wildman–Crippen MR) is 84.8 cm³/mol. The van der Waals surface area contributed by atoms with Gasteiger partial charge in [0.1, 0.15) is 12.4 Å². The highest BCUT2D eigenvalue weighted by atomic mass is 19.4. The van der Waals surface area contributed by atoms with E-state index in [9.17, 15) is 18.0 Å². The van der Waals surface area contributed by atoms with Crippen molar-refractivity contribution in [3.05, 3.63) is 65.2 Å². The maximum atomic E-state index is 12.6. The smallest absolute Gasteiger partial charge is 0.416 e. The van der Waals surface area contributed by atoms with E-state index in [4.69, 9.17) is 4.74 Å². The van der Waals surface area contributed by atoms with Crippen LogP contribution in [0.1, 0.15) is 16.7 Å². The zero-order chi connectivity index (χ0) is 17.6. The molecule has 0 aromatic heterocycles. The molecular weight excluding hydrogens is 319 g/mol. The number of carbonyl (C=O) groups is 1. The zero-order valence-electron chi connectivity index (χ0n) is 13.2. The van der Waals surface area contributed by atoms with Crippen LogP contribution in [0.3, 0.4) is 0 Å². The minimum atomic E-state index is -4.41. The minimum Gasteiger partial charge on any atom is -0.492 e.